The Morgan fingerprint density at radius 1 is 1.10 bits per heavy atom. The number of rotatable bonds is 6. The first-order valence-electron chi connectivity index (χ1n) is 8.40. The number of hydrogen-bond donors (Lipinski definition) is 4. The number of phenolic OH excluding ortho intramolecular Hbond substituents is 3. The lowest BCUT2D eigenvalue weighted by atomic mass is 9.80. The average molecular weight is 410 g/mol. The quantitative estimate of drug-likeness (QED) is 0.223. The van der Waals surface area contributed by atoms with Gasteiger partial charge in [-0.1, -0.05) is 0 Å². The van der Waals surface area contributed by atoms with Gasteiger partial charge in [0, 0.05) is 11.6 Å². The molecule has 0 unspecified atom stereocenters. The molecule has 0 aromatic heterocycles. The van der Waals surface area contributed by atoms with E-state index in [0.717, 1.165) is 6.07 Å². The molecule has 0 aliphatic carbocycles. The van der Waals surface area contributed by atoms with E-state index in [1.165, 1.54) is 13.8 Å². The number of aliphatic carboxylic acids is 1. The first-order valence-corrected chi connectivity index (χ1v) is 8.40. The summed E-state index contributed by atoms with van der Waals surface area (Å²) in [4.78, 5) is 48.3. The first kappa shape index (κ1) is 21.5. The van der Waals surface area contributed by atoms with Crippen LogP contribution in [0.1, 0.15) is 35.7 Å². The van der Waals surface area contributed by atoms with E-state index >= 15 is 0 Å². The minimum atomic E-state index is -1.89. The third-order valence-electron chi connectivity index (χ3n) is 4.02. The first-order chi connectivity index (χ1) is 13.6. The normalized spacial score (nSPS) is 18.4. The zero-order valence-electron chi connectivity index (χ0n) is 15.4. The number of phenols is 3. The molecule has 0 spiro atoms. The van der Waals surface area contributed by atoms with E-state index in [9.17, 15) is 39.6 Å². The molecule has 1 aliphatic heterocycles. The zero-order chi connectivity index (χ0) is 21.9. The van der Waals surface area contributed by atoms with Gasteiger partial charge in [-0.3, -0.25) is 0 Å². The van der Waals surface area contributed by atoms with Crippen LogP contribution in [-0.4, -0.2) is 63.6 Å². The van der Waals surface area contributed by atoms with Gasteiger partial charge < -0.3 is 34.6 Å². The molecule has 11 nitrogen and oxygen atoms in total. The van der Waals surface area contributed by atoms with E-state index in [2.05, 4.69) is 4.74 Å². The van der Waals surface area contributed by atoms with Gasteiger partial charge in [0.2, 0.25) is 11.9 Å². The van der Waals surface area contributed by atoms with E-state index in [-0.39, 0.29) is 13.2 Å². The van der Waals surface area contributed by atoms with E-state index in [1.54, 1.807) is 0 Å². The molecule has 156 valence electrons. The van der Waals surface area contributed by atoms with E-state index in [4.69, 9.17) is 9.47 Å². The second-order valence-electron chi connectivity index (χ2n) is 5.77. The zero-order valence-corrected chi connectivity index (χ0v) is 15.4. The molecule has 0 saturated carbocycles. The summed E-state index contributed by atoms with van der Waals surface area (Å²) in [6.07, 6.45) is -1.32. The fraction of sp³-hybridized carbons (Fsp3) is 0.333. The molecule has 11 heteroatoms. The van der Waals surface area contributed by atoms with Crippen molar-refractivity contribution in [1.82, 2.24) is 0 Å². The average Bonchev–Trinajstić information content (AvgIpc) is 2.65. The number of ether oxygens (including phenoxy) is 3. The Labute approximate surface area is 163 Å². The number of aromatic hydroxyl groups is 3. The lowest BCUT2D eigenvalue weighted by molar-refractivity contribution is -0.155. The number of carboxylic acid groups (broad SMARTS) is 1. The highest BCUT2D eigenvalue weighted by Crippen LogP contribution is 2.49. The number of carboxylic acids is 1. The van der Waals surface area contributed by atoms with E-state index in [0.29, 0.717) is 6.08 Å². The Bertz CT molecular complexity index is 900. The number of hydrogen-bond acceptors (Lipinski definition) is 10. The third-order valence-corrected chi connectivity index (χ3v) is 4.02. The highest BCUT2D eigenvalue weighted by molar-refractivity contribution is 6.03. The van der Waals surface area contributed by atoms with Crippen LogP contribution in [0.2, 0.25) is 0 Å². The fourth-order valence-corrected chi connectivity index (χ4v) is 2.86. The molecule has 29 heavy (non-hydrogen) atoms. The SMILES string of the molecule is CCOC(=O)/C=C(/C(=O)O)[C@H]1c2c(cc(O)c(O)c2O)C(=O)O[C@@H]1C(=O)OCC. The molecule has 0 bridgehead atoms. The maximum absolute atomic E-state index is 12.3. The van der Waals surface area contributed by atoms with Crippen molar-refractivity contribution in [2.24, 2.45) is 0 Å². The van der Waals surface area contributed by atoms with Gasteiger partial charge in [-0.15, -0.1) is 0 Å². The van der Waals surface area contributed by atoms with Gasteiger partial charge in [-0.2, -0.15) is 0 Å². The van der Waals surface area contributed by atoms with Gasteiger partial charge in [0.05, 0.1) is 30.3 Å². The molecule has 0 radical (unpaired) electrons. The van der Waals surface area contributed by atoms with Crippen molar-refractivity contribution in [3.8, 4) is 17.2 Å². The number of benzene rings is 1. The van der Waals surface area contributed by atoms with Crippen molar-refractivity contribution >= 4 is 23.9 Å². The Balaban J connectivity index is 2.80. The van der Waals surface area contributed by atoms with Crippen molar-refractivity contribution in [3.63, 3.8) is 0 Å². The van der Waals surface area contributed by atoms with Gasteiger partial charge >= 0.3 is 23.9 Å². The summed E-state index contributed by atoms with van der Waals surface area (Å²) in [5.41, 5.74) is -1.79. The van der Waals surface area contributed by atoms with Gasteiger partial charge in [-0.25, -0.2) is 19.2 Å². The number of cyclic esters (lactones) is 1. The van der Waals surface area contributed by atoms with Crippen molar-refractivity contribution in [3.05, 3.63) is 28.8 Å². The molecule has 1 heterocycles. The van der Waals surface area contributed by atoms with E-state index in [1.807, 2.05) is 0 Å². The molecule has 2 atom stereocenters. The summed E-state index contributed by atoms with van der Waals surface area (Å²) < 4.78 is 14.5. The number of fused-ring (bicyclic) bond motifs is 1. The molecular formula is C18H18O11. The Kier molecular flexibility index (Phi) is 6.32. The van der Waals surface area contributed by atoms with Gasteiger partial charge in [0.25, 0.3) is 0 Å². The topological polar surface area (TPSA) is 177 Å². The summed E-state index contributed by atoms with van der Waals surface area (Å²) >= 11 is 0. The minimum Gasteiger partial charge on any atom is -0.504 e. The standard InChI is InChI=1S/C18H18O11/c1-3-27-10(20)6-7(16(23)24)12-11-8(5-9(19)13(21)14(11)22)17(25)29-15(12)18(26)28-4-2/h5-6,12,15,19,21-22H,3-4H2,1-2H3,(H,23,24)/b7-6+/t12-,15-/m0/s1. The second-order valence-corrected chi connectivity index (χ2v) is 5.77. The van der Waals surface area contributed by atoms with Crippen molar-refractivity contribution in [1.29, 1.82) is 0 Å². The number of carbonyl (C=O) groups is 4. The smallest absolute Gasteiger partial charge is 0.348 e. The van der Waals surface area contributed by atoms with Crippen LogP contribution < -0.4 is 0 Å². The van der Waals surface area contributed by atoms with Crippen LogP contribution in [0, 0.1) is 0 Å². The molecule has 0 fully saturated rings. The van der Waals surface area contributed by atoms with Crippen LogP contribution in [0.15, 0.2) is 17.7 Å². The van der Waals surface area contributed by atoms with Crippen molar-refractivity contribution in [2.75, 3.05) is 13.2 Å². The lowest BCUT2D eigenvalue weighted by Gasteiger charge is -2.32. The molecule has 1 aliphatic rings. The maximum atomic E-state index is 12.3. The number of esters is 3. The second kappa shape index (κ2) is 8.50. The van der Waals surface area contributed by atoms with Crippen LogP contribution in [0.3, 0.4) is 0 Å². The van der Waals surface area contributed by atoms with Gasteiger partial charge in [0.15, 0.2) is 11.5 Å². The molecule has 2 rings (SSSR count). The molecule has 1 aromatic carbocycles. The minimum absolute atomic E-state index is 0.0698. The monoisotopic (exact) mass is 410 g/mol. The molecular weight excluding hydrogens is 392 g/mol. The summed E-state index contributed by atoms with van der Waals surface area (Å²) in [6.45, 7) is 2.74. The third kappa shape index (κ3) is 4.08. The molecule has 0 saturated heterocycles. The van der Waals surface area contributed by atoms with Crippen molar-refractivity contribution in [2.45, 2.75) is 25.9 Å². The predicted octanol–water partition coefficient (Wildman–Crippen LogP) is 0.563. The lowest BCUT2D eigenvalue weighted by Crippen LogP contribution is -2.41. The fourth-order valence-electron chi connectivity index (χ4n) is 2.86. The van der Waals surface area contributed by atoms with Crippen LogP contribution in [0.25, 0.3) is 0 Å². The van der Waals surface area contributed by atoms with Crippen LogP contribution in [0.4, 0.5) is 0 Å². The van der Waals surface area contributed by atoms with Gasteiger partial charge in [0.1, 0.15) is 0 Å². The highest BCUT2D eigenvalue weighted by atomic mass is 16.6. The van der Waals surface area contributed by atoms with Gasteiger partial charge in [-0.05, 0) is 19.9 Å². The predicted molar refractivity (Wildman–Crippen MR) is 92.4 cm³/mol. The Hall–Kier alpha value is -3.76. The van der Waals surface area contributed by atoms with E-state index < -0.39 is 69.8 Å². The van der Waals surface area contributed by atoms with Crippen LogP contribution in [0.5, 0.6) is 17.2 Å². The Morgan fingerprint density at radius 3 is 2.28 bits per heavy atom. The van der Waals surface area contributed by atoms with Crippen molar-refractivity contribution < 1.29 is 53.8 Å². The summed E-state index contributed by atoms with van der Waals surface area (Å²) in [5, 5.41) is 39.4. The number of carbonyl (C=O) groups excluding carboxylic acids is 3. The summed E-state index contributed by atoms with van der Waals surface area (Å²) in [5.74, 6) is -9.78. The molecule has 0 amide bonds. The molecule has 1 aromatic rings. The highest BCUT2D eigenvalue weighted by Gasteiger charge is 2.47. The maximum Gasteiger partial charge on any atom is 0.348 e. The summed E-state index contributed by atoms with van der Waals surface area (Å²) in [6, 6.07) is 0.741. The Morgan fingerprint density at radius 2 is 1.72 bits per heavy atom. The van der Waals surface area contributed by atoms with Crippen LogP contribution >= 0.6 is 0 Å². The molecule has 4 N–H and O–H groups in total. The summed E-state index contributed by atoms with van der Waals surface area (Å²) in [7, 11) is 0. The van der Waals surface area contributed by atoms with Crippen LogP contribution in [-0.2, 0) is 28.6 Å². The largest absolute Gasteiger partial charge is 0.504 e.